The predicted molar refractivity (Wildman–Crippen MR) is 118 cm³/mol. The zero-order chi connectivity index (χ0) is 17.9. The molecule has 142 valence electrons. The first-order valence-electron chi connectivity index (χ1n) is 8.57. The zero-order valence-electron chi connectivity index (χ0n) is 15.4. The Hall–Kier alpha value is -1.96. The van der Waals surface area contributed by atoms with Gasteiger partial charge in [-0.2, -0.15) is 0 Å². The molecule has 0 spiro atoms. The number of rotatable bonds is 8. The van der Waals surface area contributed by atoms with Gasteiger partial charge in [0.15, 0.2) is 5.96 Å². The summed E-state index contributed by atoms with van der Waals surface area (Å²) < 4.78 is 5.37. The van der Waals surface area contributed by atoms with Gasteiger partial charge in [0.2, 0.25) is 0 Å². The molecule has 2 aromatic carbocycles. The molecule has 0 aliphatic heterocycles. The minimum absolute atomic E-state index is 0. The van der Waals surface area contributed by atoms with Gasteiger partial charge in [0.1, 0.15) is 11.5 Å². The fourth-order valence-corrected chi connectivity index (χ4v) is 2.61. The number of phenols is 1. The Kier molecular flexibility index (Phi) is 10.5. The molecule has 3 N–H and O–H groups in total. The van der Waals surface area contributed by atoms with Crippen molar-refractivity contribution in [2.24, 2.45) is 4.99 Å². The van der Waals surface area contributed by atoms with Crippen LogP contribution in [0, 0.1) is 0 Å². The highest BCUT2D eigenvalue weighted by atomic mass is 127. The second-order valence-corrected chi connectivity index (χ2v) is 5.76. The van der Waals surface area contributed by atoms with Gasteiger partial charge in [0.25, 0.3) is 0 Å². The molecule has 0 bridgehead atoms. The number of ether oxygens (including phenoxy) is 1. The van der Waals surface area contributed by atoms with E-state index in [-0.39, 0.29) is 24.0 Å². The number of guanidine groups is 1. The van der Waals surface area contributed by atoms with E-state index in [0.29, 0.717) is 5.75 Å². The second-order valence-electron chi connectivity index (χ2n) is 5.76. The van der Waals surface area contributed by atoms with Crippen LogP contribution >= 0.6 is 24.0 Å². The summed E-state index contributed by atoms with van der Waals surface area (Å²) in [6.45, 7) is 1.63. The van der Waals surface area contributed by atoms with Gasteiger partial charge in [-0.25, -0.2) is 0 Å². The third-order valence-electron chi connectivity index (χ3n) is 3.97. The fraction of sp³-hybridized carbons (Fsp3) is 0.350. The van der Waals surface area contributed by atoms with E-state index in [9.17, 15) is 5.11 Å². The lowest BCUT2D eigenvalue weighted by Crippen LogP contribution is -2.38. The standard InChI is InChI=1S/C20H27N3O2.HI/c1-21-20(22-14-5-6-16-9-11-18(24)12-10-16)23-15-13-17-7-3-4-8-19(17)25-2;/h3-4,7-12,24H,5-6,13-15H2,1-2H3,(H2,21,22,23);1H. The Morgan fingerprint density at radius 3 is 2.38 bits per heavy atom. The van der Waals surface area contributed by atoms with Gasteiger partial charge in [0, 0.05) is 20.1 Å². The van der Waals surface area contributed by atoms with Crippen molar-refractivity contribution in [3.8, 4) is 11.5 Å². The SMILES string of the molecule is CN=C(NCCCc1ccc(O)cc1)NCCc1ccccc1OC.I. The van der Waals surface area contributed by atoms with E-state index in [1.54, 1.807) is 26.3 Å². The number of aliphatic imine (C=N–C) groups is 1. The van der Waals surface area contributed by atoms with E-state index in [1.165, 1.54) is 11.1 Å². The molecule has 2 rings (SSSR count). The minimum atomic E-state index is 0. The molecule has 5 nitrogen and oxygen atoms in total. The highest BCUT2D eigenvalue weighted by Crippen LogP contribution is 2.17. The summed E-state index contributed by atoms with van der Waals surface area (Å²) in [5.74, 6) is 2.03. The summed E-state index contributed by atoms with van der Waals surface area (Å²) in [5.41, 5.74) is 2.40. The topological polar surface area (TPSA) is 65.9 Å². The summed E-state index contributed by atoms with van der Waals surface area (Å²) in [4.78, 5) is 4.25. The molecular formula is C20H28IN3O2. The Labute approximate surface area is 172 Å². The zero-order valence-corrected chi connectivity index (χ0v) is 17.7. The van der Waals surface area contributed by atoms with Crippen LogP contribution in [0.15, 0.2) is 53.5 Å². The van der Waals surface area contributed by atoms with Crippen molar-refractivity contribution in [3.63, 3.8) is 0 Å². The molecule has 0 saturated carbocycles. The van der Waals surface area contributed by atoms with E-state index in [0.717, 1.165) is 44.1 Å². The Morgan fingerprint density at radius 1 is 1.00 bits per heavy atom. The minimum Gasteiger partial charge on any atom is -0.508 e. The smallest absolute Gasteiger partial charge is 0.190 e. The molecule has 0 aromatic heterocycles. The van der Waals surface area contributed by atoms with Crippen molar-refractivity contribution >= 4 is 29.9 Å². The van der Waals surface area contributed by atoms with E-state index in [2.05, 4.69) is 21.7 Å². The van der Waals surface area contributed by atoms with Crippen molar-refractivity contribution in [2.45, 2.75) is 19.3 Å². The van der Waals surface area contributed by atoms with Crippen molar-refractivity contribution in [1.29, 1.82) is 0 Å². The van der Waals surface area contributed by atoms with Crippen LogP contribution in [0.5, 0.6) is 11.5 Å². The molecule has 0 aliphatic rings. The van der Waals surface area contributed by atoms with Crippen LogP contribution in [-0.2, 0) is 12.8 Å². The predicted octanol–water partition coefficient (Wildman–Crippen LogP) is 3.36. The monoisotopic (exact) mass is 469 g/mol. The number of phenolic OH excluding ortho intramolecular Hbond substituents is 1. The summed E-state index contributed by atoms with van der Waals surface area (Å²) in [7, 11) is 3.47. The van der Waals surface area contributed by atoms with Crippen molar-refractivity contribution in [3.05, 3.63) is 59.7 Å². The Balaban J connectivity index is 0.00000338. The van der Waals surface area contributed by atoms with Crippen LogP contribution in [0.3, 0.4) is 0 Å². The van der Waals surface area contributed by atoms with Crippen molar-refractivity contribution < 1.29 is 9.84 Å². The molecule has 2 aromatic rings. The first kappa shape index (κ1) is 22.1. The van der Waals surface area contributed by atoms with Crippen LogP contribution < -0.4 is 15.4 Å². The quantitative estimate of drug-likeness (QED) is 0.240. The van der Waals surface area contributed by atoms with Gasteiger partial charge < -0.3 is 20.5 Å². The number of aryl methyl sites for hydroxylation is 1. The molecule has 0 amide bonds. The van der Waals surface area contributed by atoms with Gasteiger partial charge in [-0.15, -0.1) is 24.0 Å². The third-order valence-corrected chi connectivity index (χ3v) is 3.97. The lowest BCUT2D eigenvalue weighted by molar-refractivity contribution is 0.409. The number of nitrogens with zero attached hydrogens (tertiary/aromatic N) is 1. The lowest BCUT2D eigenvalue weighted by atomic mass is 10.1. The van der Waals surface area contributed by atoms with E-state index < -0.39 is 0 Å². The number of aromatic hydroxyl groups is 1. The first-order chi connectivity index (χ1) is 12.2. The lowest BCUT2D eigenvalue weighted by Gasteiger charge is -2.13. The maximum atomic E-state index is 9.29. The first-order valence-corrected chi connectivity index (χ1v) is 8.57. The van der Waals surface area contributed by atoms with Crippen molar-refractivity contribution in [2.75, 3.05) is 27.2 Å². The summed E-state index contributed by atoms with van der Waals surface area (Å²) in [6.07, 6.45) is 2.84. The number of nitrogens with one attached hydrogen (secondary N) is 2. The highest BCUT2D eigenvalue weighted by molar-refractivity contribution is 14.0. The van der Waals surface area contributed by atoms with Crippen LogP contribution in [0.1, 0.15) is 17.5 Å². The van der Waals surface area contributed by atoms with Gasteiger partial charge >= 0.3 is 0 Å². The van der Waals surface area contributed by atoms with Gasteiger partial charge in [-0.3, -0.25) is 4.99 Å². The number of benzene rings is 2. The van der Waals surface area contributed by atoms with Crippen LogP contribution in [-0.4, -0.2) is 38.3 Å². The normalized spacial score (nSPS) is 10.8. The summed E-state index contributed by atoms with van der Waals surface area (Å²) in [5, 5.41) is 15.9. The van der Waals surface area contributed by atoms with Gasteiger partial charge in [-0.05, 0) is 48.6 Å². The summed E-state index contributed by atoms with van der Waals surface area (Å²) in [6, 6.07) is 15.4. The van der Waals surface area contributed by atoms with Crippen LogP contribution in [0.2, 0.25) is 0 Å². The Morgan fingerprint density at radius 2 is 1.69 bits per heavy atom. The molecule has 0 saturated heterocycles. The maximum absolute atomic E-state index is 9.29. The molecule has 0 atom stereocenters. The number of hydrogen-bond acceptors (Lipinski definition) is 3. The van der Waals surface area contributed by atoms with E-state index >= 15 is 0 Å². The molecule has 0 unspecified atom stereocenters. The number of methoxy groups -OCH3 is 1. The van der Waals surface area contributed by atoms with Crippen LogP contribution in [0.25, 0.3) is 0 Å². The molecular weight excluding hydrogens is 441 g/mol. The number of para-hydroxylation sites is 1. The largest absolute Gasteiger partial charge is 0.508 e. The average Bonchev–Trinajstić information content (AvgIpc) is 2.65. The summed E-state index contributed by atoms with van der Waals surface area (Å²) >= 11 is 0. The molecule has 0 radical (unpaired) electrons. The highest BCUT2D eigenvalue weighted by Gasteiger charge is 2.02. The van der Waals surface area contributed by atoms with Crippen molar-refractivity contribution in [1.82, 2.24) is 10.6 Å². The second kappa shape index (κ2) is 12.4. The molecule has 0 aliphatic carbocycles. The Bertz CT molecular complexity index is 675. The molecule has 6 heteroatoms. The van der Waals surface area contributed by atoms with E-state index in [1.807, 2.05) is 30.3 Å². The van der Waals surface area contributed by atoms with Gasteiger partial charge in [-0.1, -0.05) is 30.3 Å². The maximum Gasteiger partial charge on any atom is 0.190 e. The number of hydrogen-bond donors (Lipinski definition) is 3. The number of halogens is 1. The molecule has 0 heterocycles. The van der Waals surface area contributed by atoms with E-state index in [4.69, 9.17) is 4.74 Å². The fourth-order valence-electron chi connectivity index (χ4n) is 2.61. The van der Waals surface area contributed by atoms with Gasteiger partial charge in [0.05, 0.1) is 7.11 Å². The molecule has 0 fully saturated rings. The third kappa shape index (κ3) is 7.51. The van der Waals surface area contributed by atoms with Crippen LogP contribution in [0.4, 0.5) is 0 Å². The molecule has 26 heavy (non-hydrogen) atoms. The average molecular weight is 469 g/mol.